The minimum absolute atomic E-state index is 0.136. The zero-order chi connectivity index (χ0) is 8.97. The molecule has 1 rings (SSSR count). The number of anilines is 1. The monoisotopic (exact) mass is 185 g/mol. The summed E-state index contributed by atoms with van der Waals surface area (Å²) in [5.74, 6) is -0.139. The number of nitrogens with zero attached hydrogens (tertiary/aromatic N) is 3. The number of aromatic nitrogens is 3. The van der Waals surface area contributed by atoms with Gasteiger partial charge in [0.1, 0.15) is 6.33 Å². The van der Waals surface area contributed by atoms with Gasteiger partial charge in [-0.25, -0.2) is 9.97 Å². The molecule has 4 N–H and O–H groups in total. The topological polar surface area (TPSA) is 108 Å². The van der Waals surface area contributed by atoms with E-state index in [4.69, 9.17) is 11.5 Å². The highest BCUT2D eigenvalue weighted by Gasteiger charge is 2.00. The number of rotatable bonds is 3. The van der Waals surface area contributed by atoms with Crippen molar-refractivity contribution in [3.05, 3.63) is 6.33 Å². The maximum atomic E-state index is 10.4. The Morgan fingerprint density at radius 3 is 2.92 bits per heavy atom. The van der Waals surface area contributed by atoms with Gasteiger partial charge in [-0.05, 0) is 0 Å². The van der Waals surface area contributed by atoms with Gasteiger partial charge < -0.3 is 11.5 Å². The van der Waals surface area contributed by atoms with E-state index in [9.17, 15) is 4.79 Å². The van der Waals surface area contributed by atoms with Crippen molar-refractivity contribution in [2.24, 2.45) is 5.73 Å². The van der Waals surface area contributed by atoms with Crippen LogP contribution < -0.4 is 11.5 Å². The number of thioether (sulfide) groups is 1. The van der Waals surface area contributed by atoms with E-state index in [2.05, 4.69) is 15.0 Å². The zero-order valence-electron chi connectivity index (χ0n) is 6.10. The number of nitrogens with two attached hydrogens (primary N) is 2. The Hall–Kier alpha value is -1.37. The molecule has 0 aliphatic rings. The van der Waals surface area contributed by atoms with Crippen molar-refractivity contribution >= 4 is 23.6 Å². The first-order valence-electron chi connectivity index (χ1n) is 3.04. The quantitative estimate of drug-likeness (QED) is 0.586. The second kappa shape index (κ2) is 3.86. The van der Waals surface area contributed by atoms with Gasteiger partial charge in [-0.2, -0.15) is 4.98 Å². The Morgan fingerprint density at radius 2 is 2.33 bits per heavy atom. The molecule has 12 heavy (non-hydrogen) atoms. The fourth-order valence-electron chi connectivity index (χ4n) is 0.498. The third kappa shape index (κ3) is 2.70. The number of hydrogen-bond acceptors (Lipinski definition) is 6. The van der Waals surface area contributed by atoms with Gasteiger partial charge in [0.05, 0.1) is 5.75 Å². The molecule has 1 aromatic rings. The summed E-state index contributed by atoms with van der Waals surface area (Å²) in [7, 11) is 0. The van der Waals surface area contributed by atoms with E-state index in [0.717, 1.165) is 11.8 Å². The largest absolute Gasteiger partial charge is 0.369 e. The predicted octanol–water partition coefficient (Wildman–Crippen LogP) is -0.969. The maximum Gasteiger partial charge on any atom is 0.227 e. The Balaban J connectivity index is 2.57. The van der Waals surface area contributed by atoms with Crippen LogP contribution in [-0.4, -0.2) is 26.6 Å². The van der Waals surface area contributed by atoms with Crippen LogP contribution in [0.2, 0.25) is 0 Å². The summed E-state index contributed by atoms with van der Waals surface area (Å²) in [6, 6.07) is 0. The van der Waals surface area contributed by atoms with Crippen molar-refractivity contribution in [2.45, 2.75) is 5.16 Å². The Kier molecular flexibility index (Phi) is 2.81. The van der Waals surface area contributed by atoms with Crippen LogP contribution in [0.5, 0.6) is 0 Å². The molecule has 0 bridgehead atoms. The van der Waals surface area contributed by atoms with Crippen molar-refractivity contribution in [2.75, 3.05) is 11.5 Å². The molecule has 1 heterocycles. The molecule has 0 fully saturated rings. The molecule has 1 aromatic heterocycles. The smallest absolute Gasteiger partial charge is 0.227 e. The summed E-state index contributed by atoms with van der Waals surface area (Å²) >= 11 is 1.13. The van der Waals surface area contributed by atoms with Gasteiger partial charge in [0, 0.05) is 0 Å². The predicted molar refractivity (Wildman–Crippen MR) is 44.2 cm³/mol. The second-order valence-corrected chi connectivity index (χ2v) is 2.82. The number of nitrogen functional groups attached to an aromatic ring is 1. The molecule has 0 radical (unpaired) electrons. The molecule has 0 saturated heterocycles. The van der Waals surface area contributed by atoms with E-state index in [-0.39, 0.29) is 11.7 Å². The molecule has 0 aliphatic carbocycles. The number of hydrogen-bond donors (Lipinski definition) is 2. The van der Waals surface area contributed by atoms with Gasteiger partial charge in [0.25, 0.3) is 0 Å². The summed E-state index contributed by atoms with van der Waals surface area (Å²) in [5, 5.41) is 0.404. The van der Waals surface area contributed by atoms with Gasteiger partial charge in [-0.3, -0.25) is 4.79 Å². The Bertz CT molecular complexity index is 291. The third-order valence-electron chi connectivity index (χ3n) is 0.912. The summed E-state index contributed by atoms with van der Waals surface area (Å²) in [4.78, 5) is 21.5. The molecule has 0 aromatic carbocycles. The average molecular weight is 185 g/mol. The average Bonchev–Trinajstić information content (AvgIpc) is 2.01. The van der Waals surface area contributed by atoms with E-state index in [1.165, 1.54) is 6.33 Å². The molecular formula is C5H7N5OS. The fraction of sp³-hybridized carbons (Fsp3) is 0.200. The number of carbonyl (C=O) groups excluding carboxylic acids is 1. The van der Waals surface area contributed by atoms with Gasteiger partial charge >= 0.3 is 0 Å². The minimum atomic E-state index is -0.418. The first-order chi connectivity index (χ1) is 5.68. The molecule has 0 atom stereocenters. The summed E-state index contributed by atoms with van der Waals surface area (Å²) < 4.78 is 0. The van der Waals surface area contributed by atoms with Crippen LogP contribution in [-0.2, 0) is 4.79 Å². The van der Waals surface area contributed by atoms with Crippen LogP contribution in [0.25, 0.3) is 0 Å². The highest BCUT2D eigenvalue weighted by molar-refractivity contribution is 7.99. The van der Waals surface area contributed by atoms with E-state index in [1.807, 2.05) is 0 Å². The van der Waals surface area contributed by atoms with Crippen LogP contribution in [0, 0.1) is 0 Å². The Morgan fingerprint density at radius 1 is 1.58 bits per heavy atom. The first kappa shape index (κ1) is 8.72. The molecule has 7 heteroatoms. The van der Waals surface area contributed by atoms with E-state index >= 15 is 0 Å². The van der Waals surface area contributed by atoms with Crippen molar-refractivity contribution in [1.82, 2.24) is 15.0 Å². The van der Waals surface area contributed by atoms with Crippen LogP contribution in [0.3, 0.4) is 0 Å². The molecular weight excluding hydrogens is 178 g/mol. The maximum absolute atomic E-state index is 10.4. The van der Waals surface area contributed by atoms with Gasteiger partial charge in [0.2, 0.25) is 11.9 Å². The number of amides is 1. The van der Waals surface area contributed by atoms with Gasteiger partial charge in [-0.15, -0.1) is 0 Å². The zero-order valence-corrected chi connectivity index (χ0v) is 6.91. The second-order valence-electron chi connectivity index (χ2n) is 1.88. The molecule has 1 amide bonds. The van der Waals surface area contributed by atoms with Crippen LogP contribution in [0.1, 0.15) is 0 Å². The van der Waals surface area contributed by atoms with Crippen molar-refractivity contribution in [3.8, 4) is 0 Å². The summed E-state index contributed by atoms with van der Waals surface area (Å²) in [6.07, 6.45) is 1.28. The fourth-order valence-corrected chi connectivity index (χ4v) is 1.05. The van der Waals surface area contributed by atoms with Crippen molar-refractivity contribution in [3.63, 3.8) is 0 Å². The lowest BCUT2D eigenvalue weighted by Crippen LogP contribution is -2.13. The van der Waals surface area contributed by atoms with Gasteiger partial charge in [-0.1, -0.05) is 11.8 Å². The van der Waals surface area contributed by atoms with E-state index in [1.54, 1.807) is 0 Å². The first-order valence-corrected chi connectivity index (χ1v) is 4.02. The van der Waals surface area contributed by atoms with Crippen molar-refractivity contribution in [1.29, 1.82) is 0 Å². The molecule has 0 unspecified atom stereocenters. The van der Waals surface area contributed by atoms with Crippen LogP contribution in [0.4, 0.5) is 5.95 Å². The lowest BCUT2D eigenvalue weighted by Gasteiger charge is -1.95. The molecule has 0 aliphatic heterocycles. The molecule has 64 valence electrons. The SMILES string of the molecule is NC(=O)CSc1ncnc(N)n1. The van der Waals surface area contributed by atoms with E-state index < -0.39 is 5.91 Å². The highest BCUT2D eigenvalue weighted by atomic mass is 32.2. The lowest BCUT2D eigenvalue weighted by molar-refractivity contribution is -0.115. The van der Waals surface area contributed by atoms with E-state index in [0.29, 0.717) is 5.16 Å². The normalized spacial score (nSPS) is 9.67. The van der Waals surface area contributed by atoms with Crippen molar-refractivity contribution < 1.29 is 4.79 Å². The van der Waals surface area contributed by atoms with Gasteiger partial charge in [0.15, 0.2) is 5.16 Å². The van der Waals surface area contributed by atoms with Crippen LogP contribution >= 0.6 is 11.8 Å². The number of primary amides is 1. The number of carbonyl (C=O) groups is 1. The Labute approximate surface area is 72.8 Å². The lowest BCUT2D eigenvalue weighted by atomic mass is 10.8. The van der Waals surface area contributed by atoms with Crippen LogP contribution in [0.15, 0.2) is 11.5 Å². The molecule has 0 saturated carbocycles. The standard InChI is InChI=1S/C5H7N5OS/c6-3(11)1-12-5-9-2-8-4(7)10-5/h2H,1H2,(H2,6,11)(H2,7,8,9,10). The summed E-state index contributed by atoms with van der Waals surface area (Å²) in [5.41, 5.74) is 10.2. The highest BCUT2D eigenvalue weighted by Crippen LogP contribution is 2.10. The summed E-state index contributed by atoms with van der Waals surface area (Å²) in [6.45, 7) is 0. The molecule has 6 nitrogen and oxygen atoms in total. The third-order valence-corrected chi connectivity index (χ3v) is 1.80. The minimum Gasteiger partial charge on any atom is -0.369 e. The molecule has 0 spiro atoms.